The number of para-hydroxylation sites is 2. The van der Waals surface area contributed by atoms with Gasteiger partial charge in [-0.15, -0.1) is 54.1 Å². The molecular weight excluding hydrogens is 842 g/mol. The molecule has 51 heavy (non-hydrogen) atoms. The van der Waals surface area contributed by atoms with Crippen molar-refractivity contribution >= 4 is 46.4 Å². The number of aromatic nitrogens is 4. The third-order valence-corrected chi connectivity index (χ3v) is 10.5. The van der Waals surface area contributed by atoms with Crippen molar-refractivity contribution in [3.05, 3.63) is 108 Å². The molecule has 0 amide bonds. The van der Waals surface area contributed by atoms with Crippen LogP contribution < -0.4 is 5.19 Å². The summed E-state index contributed by atoms with van der Waals surface area (Å²) in [4.78, 5) is 13.2. The summed E-state index contributed by atoms with van der Waals surface area (Å²) >= 11 is 0. The first-order valence-corrected chi connectivity index (χ1v) is 20.3. The van der Waals surface area contributed by atoms with E-state index in [9.17, 15) is 13.2 Å². The number of benzene rings is 3. The number of halogens is 3. The number of hydrogen-bond acceptors (Lipinski definition) is 4. The van der Waals surface area contributed by atoms with Crippen molar-refractivity contribution in [3.8, 4) is 22.6 Å². The van der Waals surface area contributed by atoms with E-state index < -0.39 is 19.9 Å². The van der Waals surface area contributed by atoms with Gasteiger partial charge in [-0.05, 0) is 68.3 Å². The Morgan fingerprint density at radius 2 is 1.59 bits per heavy atom. The zero-order valence-electron chi connectivity index (χ0n) is 30.0. The topological polar surface area (TPSA) is 56.7 Å². The summed E-state index contributed by atoms with van der Waals surface area (Å²) in [6.07, 6.45) is -1.30. The Bertz CT molecular complexity index is 2300. The van der Waals surface area contributed by atoms with Crippen molar-refractivity contribution in [1.29, 1.82) is 0 Å². The Hall–Kier alpha value is -4.11. The van der Waals surface area contributed by atoms with Gasteiger partial charge in [-0.25, -0.2) is 4.98 Å². The molecule has 1 radical (unpaired) electrons. The first kappa shape index (κ1) is 38.1. The first-order valence-electron chi connectivity index (χ1n) is 16.8. The maximum Gasteiger partial charge on any atom is 0.433 e. The van der Waals surface area contributed by atoms with Crippen LogP contribution >= 0.6 is 0 Å². The van der Waals surface area contributed by atoms with Crippen LogP contribution in [0.25, 0.3) is 55.7 Å². The second kappa shape index (κ2) is 14.5. The molecule has 3 aromatic carbocycles. The minimum Gasteiger partial charge on any atom is -0.486 e. The first-order chi connectivity index (χ1) is 23.5. The minimum atomic E-state index is -4.54. The fourth-order valence-electron chi connectivity index (χ4n) is 6.30. The maximum absolute atomic E-state index is 13.1. The molecule has 7 rings (SSSR count). The zero-order chi connectivity index (χ0) is 36.0. The molecule has 0 unspecified atom stereocenters. The van der Waals surface area contributed by atoms with Gasteiger partial charge in [0.25, 0.3) is 0 Å². The molecule has 0 spiro atoms. The van der Waals surface area contributed by atoms with Crippen LogP contribution in [0, 0.1) is 18.1 Å². The van der Waals surface area contributed by atoms with E-state index in [2.05, 4.69) is 99.3 Å². The SMILES string of the molecule is CC(C)(C)n1c(-c2[c-]ccc3c2oc2nc(C(F)(F)F)ccc23)nc2ccccc21.CC(C)Cc1cc(-c2[c-]cccc2)ncc1[Si](C)(C)C.[Ir]. The molecule has 0 bridgehead atoms. The summed E-state index contributed by atoms with van der Waals surface area (Å²) in [5.41, 5.74) is 5.05. The molecule has 7 aromatic rings. The minimum absolute atomic E-state index is 0. The van der Waals surface area contributed by atoms with Crippen molar-refractivity contribution in [2.75, 3.05) is 0 Å². The smallest absolute Gasteiger partial charge is 0.433 e. The van der Waals surface area contributed by atoms with Gasteiger partial charge in [0.2, 0.25) is 5.71 Å². The van der Waals surface area contributed by atoms with E-state index in [1.54, 1.807) is 12.1 Å². The monoisotopic (exact) mass is 883 g/mol. The van der Waals surface area contributed by atoms with Gasteiger partial charge in [-0.2, -0.15) is 13.2 Å². The number of fused-ring (bicyclic) bond motifs is 4. The van der Waals surface area contributed by atoms with E-state index in [-0.39, 0.29) is 31.4 Å². The second-order valence-electron chi connectivity index (χ2n) is 15.0. The molecule has 5 nitrogen and oxygen atoms in total. The summed E-state index contributed by atoms with van der Waals surface area (Å²) in [6.45, 7) is 17.9. The number of pyridine rings is 2. The Balaban J connectivity index is 0.000000211. The molecule has 0 N–H and O–H groups in total. The normalized spacial score (nSPS) is 12.3. The average Bonchev–Trinajstić information content (AvgIpc) is 3.63. The van der Waals surface area contributed by atoms with Crippen LogP contribution in [0.2, 0.25) is 19.6 Å². The largest absolute Gasteiger partial charge is 0.486 e. The molecule has 0 aliphatic carbocycles. The van der Waals surface area contributed by atoms with Gasteiger partial charge in [0, 0.05) is 37.2 Å². The van der Waals surface area contributed by atoms with Crippen LogP contribution in [0.15, 0.2) is 89.5 Å². The maximum atomic E-state index is 13.1. The Labute approximate surface area is 311 Å². The van der Waals surface area contributed by atoms with Gasteiger partial charge in [0.15, 0.2) is 0 Å². The summed E-state index contributed by atoms with van der Waals surface area (Å²) in [5.74, 6) is 1.31. The molecule has 0 saturated heterocycles. The predicted molar refractivity (Wildman–Crippen MR) is 199 cm³/mol. The Kier molecular flexibility index (Phi) is 10.8. The summed E-state index contributed by atoms with van der Waals surface area (Å²) in [6, 6.07) is 30.5. The number of rotatable bonds is 5. The molecule has 0 fully saturated rings. The fourth-order valence-corrected chi connectivity index (χ4v) is 7.89. The van der Waals surface area contributed by atoms with Crippen molar-refractivity contribution in [2.45, 2.75) is 72.4 Å². The van der Waals surface area contributed by atoms with Crippen LogP contribution in [0.4, 0.5) is 13.2 Å². The standard InChI is InChI=1S/C23H17F3N3O.C18H24NSi.Ir/c1-22(2,3)29-17-10-5-4-9-16(17)27-20(29)15-8-6-7-13-14-11-12-18(23(24,25)26)28-21(14)30-19(13)15;1-14(2)11-16-12-17(15-9-7-6-8-10-15)19-13-18(16)20(3,4)5;/h4-7,9-12H,1-3H3;6-9,12-14H,11H2,1-5H3;/q2*-1;. The number of hydrogen-bond donors (Lipinski definition) is 0. The van der Waals surface area contributed by atoms with Crippen LogP contribution in [0.5, 0.6) is 0 Å². The van der Waals surface area contributed by atoms with Gasteiger partial charge in [0.05, 0.1) is 30.5 Å². The molecular formula is C41H41F3IrN4OSi-2. The zero-order valence-corrected chi connectivity index (χ0v) is 33.4. The molecule has 4 heterocycles. The van der Waals surface area contributed by atoms with Crippen molar-refractivity contribution in [3.63, 3.8) is 0 Å². The van der Waals surface area contributed by atoms with Gasteiger partial charge in [-0.3, -0.25) is 4.98 Å². The number of imidazole rings is 1. The van der Waals surface area contributed by atoms with Gasteiger partial charge in [0.1, 0.15) is 5.69 Å². The van der Waals surface area contributed by atoms with E-state index in [0.29, 0.717) is 33.7 Å². The molecule has 0 aliphatic heterocycles. The third-order valence-electron chi connectivity index (χ3n) is 8.46. The van der Waals surface area contributed by atoms with Crippen molar-refractivity contribution in [2.24, 2.45) is 5.92 Å². The van der Waals surface area contributed by atoms with Crippen molar-refractivity contribution < 1.29 is 37.7 Å². The fraction of sp³-hybridized carbons (Fsp3) is 0.293. The molecule has 0 aliphatic rings. The van der Waals surface area contributed by atoms with Gasteiger partial charge >= 0.3 is 6.18 Å². The molecule has 267 valence electrons. The van der Waals surface area contributed by atoms with Gasteiger partial charge in [-0.1, -0.05) is 68.2 Å². The Morgan fingerprint density at radius 1 is 0.863 bits per heavy atom. The number of alkyl halides is 3. The predicted octanol–water partition coefficient (Wildman–Crippen LogP) is 10.9. The average molecular weight is 883 g/mol. The van der Waals surface area contributed by atoms with Crippen molar-refractivity contribution in [1.82, 2.24) is 19.5 Å². The van der Waals surface area contributed by atoms with E-state index in [0.717, 1.165) is 34.8 Å². The summed E-state index contributed by atoms with van der Waals surface area (Å²) in [5, 5.41) is 2.69. The quantitative estimate of drug-likeness (QED) is 0.128. The third kappa shape index (κ3) is 8.03. The summed E-state index contributed by atoms with van der Waals surface area (Å²) in [7, 11) is -1.34. The Morgan fingerprint density at radius 3 is 2.24 bits per heavy atom. The molecule has 4 aromatic heterocycles. The second-order valence-corrected chi connectivity index (χ2v) is 20.1. The van der Waals surface area contributed by atoms with E-state index in [1.165, 1.54) is 16.8 Å². The van der Waals surface area contributed by atoms with Gasteiger partial charge < -0.3 is 14.0 Å². The van der Waals surface area contributed by atoms with Crippen LogP contribution in [0.3, 0.4) is 0 Å². The van der Waals surface area contributed by atoms with E-state index in [4.69, 9.17) is 9.40 Å². The van der Waals surface area contributed by atoms with Crippen LogP contribution in [-0.4, -0.2) is 27.6 Å². The molecule has 10 heteroatoms. The number of nitrogens with zero attached hydrogens (tertiary/aromatic N) is 4. The number of furan rings is 1. The molecule has 0 atom stereocenters. The van der Waals surface area contributed by atoms with E-state index >= 15 is 0 Å². The van der Waals surface area contributed by atoms with Crippen LogP contribution in [-0.2, 0) is 38.2 Å². The van der Waals surface area contributed by atoms with E-state index in [1.807, 2.05) is 42.5 Å². The molecule has 0 saturated carbocycles. The summed E-state index contributed by atoms with van der Waals surface area (Å²) < 4.78 is 47.2. The van der Waals surface area contributed by atoms with Crippen LogP contribution in [0.1, 0.15) is 45.9 Å².